The van der Waals surface area contributed by atoms with E-state index in [4.69, 9.17) is 5.73 Å². The number of aryl methyl sites for hydroxylation is 1. The summed E-state index contributed by atoms with van der Waals surface area (Å²) in [5.41, 5.74) is 6.39. The van der Waals surface area contributed by atoms with Gasteiger partial charge in [0.1, 0.15) is 4.90 Å². The van der Waals surface area contributed by atoms with Crippen molar-refractivity contribution in [3.8, 4) is 0 Å². The lowest BCUT2D eigenvalue weighted by atomic mass is 10.3. The van der Waals surface area contributed by atoms with E-state index in [-0.39, 0.29) is 0 Å². The summed E-state index contributed by atoms with van der Waals surface area (Å²) in [4.78, 5) is 0.336. The van der Waals surface area contributed by atoms with Crippen LogP contribution in [0.5, 0.6) is 0 Å². The van der Waals surface area contributed by atoms with Crippen LogP contribution >= 0.6 is 0 Å². The third kappa shape index (κ3) is 3.13. The molecule has 2 N–H and O–H groups in total. The topological polar surface area (TPSA) is 68.3 Å². The summed E-state index contributed by atoms with van der Waals surface area (Å²) in [7, 11) is -1.57. The van der Waals surface area contributed by atoms with Crippen molar-refractivity contribution in [2.45, 2.75) is 38.1 Å². The number of hydrogen-bond acceptors (Lipinski definition) is 3. The maximum Gasteiger partial charge on any atom is 0.244 e. The highest BCUT2D eigenvalue weighted by molar-refractivity contribution is 7.89. The Labute approximate surface area is 110 Å². The Morgan fingerprint density at radius 2 is 2.06 bits per heavy atom. The van der Waals surface area contributed by atoms with Gasteiger partial charge in [0, 0.05) is 38.6 Å². The maximum atomic E-state index is 12.4. The Morgan fingerprint density at radius 3 is 2.50 bits per heavy atom. The third-order valence-corrected chi connectivity index (χ3v) is 4.98. The summed E-state index contributed by atoms with van der Waals surface area (Å²) in [6, 6.07) is 1.66. The average molecular weight is 273 g/mol. The minimum atomic E-state index is -3.38. The summed E-state index contributed by atoms with van der Waals surface area (Å²) in [5, 5.41) is 0. The van der Waals surface area contributed by atoms with Crippen molar-refractivity contribution in [2.24, 2.45) is 12.8 Å². The number of nitrogens with two attached hydrogens (primary N) is 1. The molecule has 0 atom stereocenters. The number of hydrogen-bond donors (Lipinski definition) is 1. The fourth-order valence-corrected chi connectivity index (χ4v) is 3.44. The summed E-state index contributed by atoms with van der Waals surface area (Å²) in [5.74, 6) is 0. The lowest BCUT2D eigenvalue weighted by molar-refractivity contribution is 0.419. The van der Waals surface area contributed by atoms with Crippen molar-refractivity contribution in [1.29, 1.82) is 0 Å². The quantitative estimate of drug-likeness (QED) is 0.814. The molecule has 0 spiro atoms. The largest absolute Gasteiger partial charge is 0.352 e. The van der Waals surface area contributed by atoms with Crippen LogP contribution < -0.4 is 5.73 Å². The number of rotatable bonds is 7. The van der Waals surface area contributed by atoms with Crippen molar-refractivity contribution < 1.29 is 8.42 Å². The van der Waals surface area contributed by atoms with Crippen LogP contribution in [-0.2, 0) is 23.6 Å². The molecule has 0 amide bonds. The molecular formula is C12H23N3O2S. The first-order chi connectivity index (χ1) is 8.47. The highest BCUT2D eigenvalue weighted by atomic mass is 32.2. The van der Waals surface area contributed by atoms with Gasteiger partial charge in [0.2, 0.25) is 10.0 Å². The average Bonchev–Trinajstić information content (AvgIpc) is 2.72. The van der Waals surface area contributed by atoms with Crippen molar-refractivity contribution in [3.05, 3.63) is 18.0 Å². The van der Waals surface area contributed by atoms with E-state index in [1.54, 1.807) is 16.8 Å². The van der Waals surface area contributed by atoms with Crippen LogP contribution in [0.3, 0.4) is 0 Å². The van der Waals surface area contributed by atoms with Gasteiger partial charge in [-0.25, -0.2) is 8.42 Å². The molecule has 0 aromatic carbocycles. The van der Waals surface area contributed by atoms with E-state index >= 15 is 0 Å². The van der Waals surface area contributed by atoms with Crippen LogP contribution in [0.2, 0.25) is 0 Å². The predicted molar refractivity (Wildman–Crippen MR) is 72.6 cm³/mol. The number of sulfonamides is 1. The van der Waals surface area contributed by atoms with E-state index in [1.807, 2.05) is 14.0 Å². The predicted octanol–water partition coefficient (Wildman–Crippen LogP) is 1.29. The van der Waals surface area contributed by atoms with Gasteiger partial charge in [-0.1, -0.05) is 20.3 Å². The first-order valence-electron chi connectivity index (χ1n) is 6.32. The van der Waals surface area contributed by atoms with Gasteiger partial charge in [-0.2, -0.15) is 4.31 Å². The zero-order chi connectivity index (χ0) is 13.8. The Kier molecular flexibility index (Phi) is 5.37. The van der Waals surface area contributed by atoms with Crippen LogP contribution in [-0.4, -0.2) is 30.4 Å². The molecular weight excluding hydrogens is 250 g/mol. The third-order valence-electron chi connectivity index (χ3n) is 3.04. The number of nitrogens with zero attached hydrogens (tertiary/aromatic N) is 2. The van der Waals surface area contributed by atoms with Crippen LogP contribution in [0.1, 0.15) is 32.4 Å². The fraction of sp³-hybridized carbons (Fsp3) is 0.667. The van der Waals surface area contributed by atoms with Gasteiger partial charge in [-0.15, -0.1) is 0 Å². The minimum absolute atomic E-state index is 0.336. The van der Waals surface area contributed by atoms with Gasteiger partial charge in [-0.3, -0.25) is 0 Å². The monoisotopic (exact) mass is 273 g/mol. The smallest absolute Gasteiger partial charge is 0.244 e. The molecule has 104 valence electrons. The van der Waals surface area contributed by atoms with E-state index in [1.165, 1.54) is 4.31 Å². The lowest BCUT2D eigenvalue weighted by Gasteiger charge is -2.19. The highest BCUT2D eigenvalue weighted by Crippen LogP contribution is 2.18. The zero-order valence-corrected chi connectivity index (χ0v) is 12.2. The molecule has 1 rings (SSSR count). The second-order valence-corrected chi connectivity index (χ2v) is 6.27. The van der Waals surface area contributed by atoms with Gasteiger partial charge in [0.05, 0.1) is 0 Å². The van der Waals surface area contributed by atoms with E-state index < -0.39 is 10.0 Å². The molecule has 0 fully saturated rings. The standard InChI is InChI=1S/C12H23N3O2S/c1-4-6-7-15(5-2)18(16,17)12-8-11(9-13)14(3)10-12/h8,10H,4-7,9,13H2,1-3H3. The summed E-state index contributed by atoms with van der Waals surface area (Å²) in [6.45, 7) is 5.32. The van der Waals surface area contributed by atoms with E-state index in [0.29, 0.717) is 24.5 Å². The Balaban J connectivity index is 3.02. The van der Waals surface area contributed by atoms with Gasteiger partial charge in [0.25, 0.3) is 0 Å². The van der Waals surface area contributed by atoms with Crippen LogP contribution in [0.25, 0.3) is 0 Å². The highest BCUT2D eigenvalue weighted by Gasteiger charge is 2.24. The minimum Gasteiger partial charge on any atom is -0.352 e. The van der Waals surface area contributed by atoms with Crippen LogP contribution in [0.15, 0.2) is 17.2 Å². The van der Waals surface area contributed by atoms with Crippen molar-refractivity contribution in [2.75, 3.05) is 13.1 Å². The SMILES string of the molecule is CCCCN(CC)S(=O)(=O)c1cc(CN)n(C)c1. The summed E-state index contributed by atoms with van der Waals surface area (Å²) >= 11 is 0. The van der Waals surface area contributed by atoms with Crippen LogP contribution in [0, 0.1) is 0 Å². The molecule has 5 nitrogen and oxygen atoms in total. The fourth-order valence-electron chi connectivity index (χ4n) is 1.85. The number of unbranched alkanes of at least 4 members (excludes halogenated alkanes) is 1. The molecule has 1 heterocycles. The van der Waals surface area contributed by atoms with Crippen molar-refractivity contribution in [1.82, 2.24) is 8.87 Å². The zero-order valence-electron chi connectivity index (χ0n) is 11.4. The summed E-state index contributed by atoms with van der Waals surface area (Å²) in [6.07, 6.45) is 3.49. The molecule has 0 unspecified atom stereocenters. The summed E-state index contributed by atoms with van der Waals surface area (Å²) < 4.78 is 28.1. The Morgan fingerprint density at radius 1 is 1.39 bits per heavy atom. The van der Waals surface area contributed by atoms with Crippen molar-refractivity contribution >= 4 is 10.0 Å². The maximum absolute atomic E-state index is 12.4. The Hall–Kier alpha value is -0.850. The van der Waals surface area contributed by atoms with E-state index in [2.05, 4.69) is 6.92 Å². The molecule has 1 aromatic rings. The van der Waals surface area contributed by atoms with E-state index in [0.717, 1.165) is 18.5 Å². The van der Waals surface area contributed by atoms with Crippen molar-refractivity contribution in [3.63, 3.8) is 0 Å². The first-order valence-corrected chi connectivity index (χ1v) is 7.76. The molecule has 0 radical (unpaired) electrons. The first kappa shape index (κ1) is 15.2. The lowest BCUT2D eigenvalue weighted by Crippen LogP contribution is -2.31. The molecule has 18 heavy (non-hydrogen) atoms. The van der Waals surface area contributed by atoms with Gasteiger partial charge >= 0.3 is 0 Å². The molecule has 0 saturated heterocycles. The second-order valence-electron chi connectivity index (χ2n) is 4.33. The molecule has 0 aliphatic carbocycles. The molecule has 6 heteroatoms. The van der Waals surface area contributed by atoms with Gasteiger partial charge in [0.15, 0.2) is 0 Å². The van der Waals surface area contributed by atoms with Crippen LogP contribution in [0.4, 0.5) is 0 Å². The second kappa shape index (κ2) is 6.36. The molecule has 0 bridgehead atoms. The Bertz CT molecular complexity index is 480. The molecule has 1 aromatic heterocycles. The molecule has 0 saturated carbocycles. The van der Waals surface area contributed by atoms with E-state index in [9.17, 15) is 8.42 Å². The molecule has 0 aliphatic rings. The number of aromatic nitrogens is 1. The normalized spacial score (nSPS) is 12.3. The van der Waals surface area contributed by atoms with Gasteiger partial charge in [-0.05, 0) is 12.5 Å². The molecule has 0 aliphatic heterocycles. The van der Waals surface area contributed by atoms with Gasteiger partial charge < -0.3 is 10.3 Å².